The van der Waals surface area contributed by atoms with Gasteiger partial charge in [-0.25, -0.2) is 0 Å². The topological polar surface area (TPSA) is 44.4 Å². The zero-order valence-corrected chi connectivity index (χ0v) is 13.3. The predicted molar refractivity (Wildman–Crippen MR) is 85.4 cm³/mol. The fourth-order valence-corrected chi connectivity index (χ4v) is 3.19. The van der Waals surface area contributed by atoms with E-state index in [9.17, 15) is 4.79 Å². The van der Waals surface area contributed by atoms with Crippen molar-refractivity contribution in [2.75, 3.05) is 39.3 Å². The molecule has 118 valence electrons. The van der Waals surface area contributed by atoms with Gasteiger partial charge in [-0.2, -0.15) is 0 Å². The van der Waals surface area contributed by atoms with Crippen molar-refractivity contribution in [1.29, 1.82) is 0 Å². The Hall–Kier alpha value is -0.320. The molecule has 1 amide bonds. The quantitative estimate of drug-likeness (QED) is 0.761. The zero-order valence-electron chi connectivity index (χ0n) is 12.5. The molecule has 0 bridgehead atoms. The summed E-state index contributed by atoms with van der Waals surface area (Å²) in [7, 11) is 0. The molecule has 1 heterocycles. The van der Waals surface area contributed by atoms with Crippen molar-refractivity contribution in [1.82, 2.24) is 15.5 Å². The summed E-state index contributed by atoms with van der Waals surface area (Å²) in [6, 6.07) is 0. The first-order valence-corrected chi connectivity index (χ1v) is 8.04. The van der Waals surface area contributed by atoms with E-state index < -0.39 is 0 Å². The Morgan fingerprint density at radius 2 is 1.75 bits per heavy atom. The van der Waals surface area contributed by atoms with E-state index in [1.807, 2.05) is 0 Å². The predicted octanol–water partition coefficient (Wildman–Crippen LogP) is 1.79. The smallest absolute Gasteiger partial charge is 0.220 e. The van der Waals surface area contributed by atoms with Crippen LogP contribution >= 0.6 is 12.4 Å². The summed E-state index contributed by atoms with van der Waals surface area (Å²) >= 11 is 0. The first-order valence-electron chi connectivity index (χ1n) is 8.04. The lowest BCUT2D eigenvalue weighted by atomic mass is 9.96. The molecular weight excluding hydrogens is 274 g/mol. The average Bonchev–Trinajstić information content (AvgIpc) is 2.68. The van der Waals surface area contributed by atoms with Gasteiger partial charge >= 0.3 is 0 Å². The Morgan fingerprint density at radius 3 is 2.40 bits per heavy atom. The van der Waals surface area contributed by atoms with Crippen LogP contribution in [0.15, 0.2) is 0 Å². The molecule has 0 radical (unpaired) electrons. The number of carbonyl (C=O) groups excluding carboxylic acids is 1. The van der Waals surface area contributed by atoms with Crippen LogP contribution in [0.4, 0.5) is 0 Å². The zero-order chi connectivity index (χ0) is 13.3. The van der Waals surface area contributed by atoms with E-state index in [-0.39, 0.29) is 18.3 Å². The van der Waals surface area contributed by atoms with Gasteiger partial charge in [-0.05, 0) is 18.8 Å². The summed E-state index contributed by atoms with van der Waals surface area (Å²) in [5, 5.41) is 6.44. The molecule has 0 aromatic carbocycles. The lowest BCUT2D eigenvalue weighted by molar-refractivity contribution is -0.122. The van der Waals surface area contributed by atoms with E-state index in [1.165, 1.54) is 38.5 Å². The highest BCUT2D eigenvalue weighted by Crippen LogP contribution is 2.25. The molecule has 1 saturated carbocycles. The maximum atomic E-state index is 11.9. The molecule has 2 rings (SSSR count). The summed E-state index contributed by atoms with van der Waals surface area (Å²) in [4.78, 5) is 14.3. The maximum Gasteiger partial charge on any atom is 0.220 e. The second kappa shape index (κ2) is 10.4. The van der Waals surface area contributed by atoms with Crippen LogP contribution in [0.2, 0.25) is 0 Å². The minimum Gasteiger partial charge on any atom is -0.355 e. The number of piperazine rings is 1. The number of amides is 1. The first kappa shape index (κ1) is 17.7. The van der Waals surface area contributed by atoms with Crippen LogP contribution in [0.25, 0.3) is 0 Å². The standard InChI is InChI=1S/C15H29N3O.ClH/c19-15(13-14-5-3-1-2-4-6-14)17-9-12-18-10-7-16-8-11-18;/h14,16H,1-13H2,(H,17,19);1H. The van der Waals surface area contributed by atoms with Crippen molar-refractivity contribution in [3.05, 3.63) is 0 Å². The molecule has 20 heavy (non-hydrogen) atoms. The Balaban J connectivity index is 0.00000200. The van der Waals surface area contributed by atoms with E-state index in [1.54, 1.807) is 0 Å². The number of hydrogen-bond acceptors (Lipinski definition) is 3. The third-order valence-electron chi connectivity index (χ3n) is 4.41. The SMILES string of the molecule is Cl.O=C(CC1CCCCCC1)NCCN1CCNCC1. The summed E-state index contributed by atoms with van der Waals surface area (Å²) < 4.78 is 0. The van der Waals surface area contributed by atoms with E-state index in [2.05, 4.69) is 15.5 Å². The largest absolute Gasteiger partial charge is 0.355 e. The number of rotatable bonds is 5. The number of nitrogens with one attached hydrogen (secondary N) is 2. The van der Waals surface area contributed by atoms with Crippen molar-refractivity contribution >= 4 is 18.3 Å². The van der Waals surface area contributed by atoms with E-state index in [0.717, 1.165) is 45.7 Å². The summed E-state index contributed by atoms with van der Waals surface area (Å²) in [6.45, 7) is 6.19. The van der Waals surface area contributed by atoms with E-state index >= 15 is 0 Å². The van der Waals surface area contributed by atoms with Crippen molar-refractivity contribution in [3.8, 4) is 0 Å². The molecule has 0 aromatic heterocycles. The van der Waals surface area contributed by atoms with Gasteiger partial charge in [0.1, 0.15) is 0 Å². The fourth-order valence-electron chi connectivity index (χ4n) is 3.19. The molecule has 1 aliphatic heterocycles. The average molecular weight is 304 g/mol. The molecule has 0 unspecified atom stereocenters. The lowest BCUT2D eigenvalue weighted by Gasteiger charge is -2.27. The molecule has 0 atom stereocenters. The Kier molecular flexibility index (Phi) is 9.23. The highest BCUT2D eigenvalue weighted by molar-refractivity contribution is 5.85. The van der Waals surface area contributed by atoms with Crippen LogP contribution in [0, 0.1) is 5.92 Å². The molecule has 2 N–H and O–H groups in total. The Bertz CT molecular complexity index is 262. The summed E-state index contributed by atoms with van der Waals surface area (Å²) in [5.74, 6) is 0.906. The highest BCUT2D eigenvalue weighted by atomic mass is 35.5. The van der Waals surface area contributed by atoms with Crippen LogP contribution < -0.4 is 10.6 Å². The summed E-state index contributed by atoms with van der Waals surface area (Å²) in [5.41, 5.74) is 0. The van der Waals surface area contributed by atoms with E-state index in [4.69, 9.17) is 0 Å². The molecule has 2 fully saturated rings. The van der Waals surface area contributed by atoms with Gasteiger partial charge in [0, 0.05) is 45.7 Å². The third kappa shape index (κ3) is 6.91. The molecular formula is C15H30ClN3O. The van der Waals surface area contributed by atoms with Crippen molar-refractivity contribution in [2.24, 2.45) is 5.92 Å². The van der Waals surface area contributed by atoms with Crippen LogP contribution in [-0.4, -0.2) is 50.1 Å². The minimum absolute atomic E-state index is 0. The summed E-state index contributed by atoms with van der Waals surface area (Å²) in [6.07, 6.45) is 8.62. The van der Waals surface area contributed by atoms with Crippen molar-refractivity contribution in [3.63, 3.8) is 0 Å². The molecule has 1 aliphatic carbocycles. The molecule has 2 aliphatic rings. The molecule has 0 spiro atoms. The number of hydrogen-bond donors (Lipinski definition) is 2. The van der Waals surface area contributed by atoms with Crippen molar-refractivity contribution < 1.29 is 4.79 Å². The number of halogens is 1. The van der Waals surface area contributed by atoms with E-state index in [0.29, 0.717) is 5.92 Å². The van der Waals surface area contributed by atoms with Gasteiger partial charge in [0.25, 0.3) is 0 Å². The van der Waals surface area contributed by atoms with Gasteiger partial charge in [0.15, 0.2) is 0 Å². The second-order valence-electron chi connectivity index (χ2n) is 6.00. The monoisotopic (exact) mass is 303 g/mol. The normalized spacial score (nSPS) is 21.8. The third-order valence-corrected chi connectivity index (χ3v) is 4.41. The van der Waals surface area contributed by atoms with Gasteiger partial charge in [0.2, 0.25) is 5.91 Å². The van der Waals surface area contributed by atoms with Crippen LogP contribution in [0.5, 0.6) is 0 Å². The molecule has 5 heteroatoms. The van der Waals surface area contributed by atoms with Gasteiger partial charge in [0.05, 0.1) is 0 Å². The Labute approximate surface area is 129 Å². The van der Waals surface area contributed by atoms with Gasteiger partial charge in [-0.3, -0.25) is 9.69 Å². The second-order valence-corrected chi connectivity index (χ2v) is 6.00. The van der Waals surface area contributed by atoms with Crippen LogP contribution in [-0.2, 0) is 4.79 Å². The number of carbonyl (C=O) groups is 1. The van der Waals surface area contributed by atoms with Gasteiger partial charge in [-0.15, -0.1) is 12.4 Å². The Morgan fingerprint density at radius 1 is 1.10 bits per heavy atom. The van der Waals surface area contributed by atoms with Gasteiger partial charge in [-0.1, -0.05) is 25.7 Å². The fraction of sp³-hybridized carbons (Fsp3) is 0.933. The molecule has 0 aromatic rings. The number of nitrogens with zero attached hydrogens (tertiary/aromatic N) is 1. The first-order chi connectivity index (χ1) is 9.34. The maximum absolute atomic E-state index is 11.9. The van der Waals surface area contributed by atoms with Crippen molar-refractivity contribution in [2.45, 2.75) is 44.9 Å². The van der Waals surface area contributed by atoms with Crippen LogP contribution in [0.1, 0.15) is 44.9 Å². The van der Waals surface area contributed by atoms with Gasteiger partial charge < -0.3 is 10.6 Å². The lowest BCUT2D eigenvalue weighted by Crippen LogP contribution is -2.46. The minimum atomic E-state index is 0. The highest BCUT2D eigenvalue weighted by Gasteiger charge is 2.16. The molecule has 1 saturated heterocycles. The van der Waals surface area contributed by atoms with Crippen LogP contribution in [0.3, 0.4) is 0 Å². The molecule has 4 nitrogen and oxygen atoms in total.